The summed E-state index contributed by atoms with van der Waals surface area (Å²) in [5.74, 6) is 0.290. The fraction of sp³-hybridized carbons (Fsp3) is 0.562. The van der Waals surface area contributed by atoms with Gasteiger partial charge in [-0.15, -0.1) is 0 Å². The fourth-order valence-electron chi connectivity index (χ4n) is 2.51. The molecule has 0 spiro atoms. The van der Waals surface area contributed by atoms with Gasteiger partial charge in [0.15, 0.2) is 6.10 Å². The summed E-state index contributed by atoms with van der Waals surface area (Å²) in [6.07, 6.45) is 0.346. The van der Waals surface area contributed by atoms with Crippen LogP contribution in [0.15, 0.2) is 18.2 Å². The molecule has 122 valence electrons. The van der Waals surface area contributed by atoms with Crippen molar-refractivity contribution in [2.75, 3.05) is 13.1 Å². The van der Waals surface area contributed by atoms with Crippen LogP contribution in [0.2, 0.25) is 10.0 Å². The summed E-state index contributed by atoms with van der Waals surface area (Å²) in [6, 6.07) is 5.80. The van der Waals surface area contributed by atoms with Crippen molar-refractivity contribution in [2.45, 2.75) is 45.4 Å². The topological polar surface area (TPSA) is 41.6 Å². The summed E-state index contributed by atoms with van der Waals surface area (Å²) >= 11 is 12.0. The maximum atomic E-state index is 12.2. The Morgan fingerprint density at radius 1 is 1.36 bits per heavy atom. The minimum absolute atomic E-state index is 0.133. The third-order valence-corrected chi connectivity index (χ3v) is 4.69. The molecule has 22 heavy (non-hydrogen) atoms. The van der Waals surface area contributed by atoms with Gasteiger partial charge in [0, 0.05) is 25.2 Å². The van der Waals surface area contributed by atoms with Crippen LogP contribution in [-0.2, 0) is 4.79 Å². The summed E-state index contributed by atoms with van der Waals surface area (Å²) in [4.78, 5) is 14.6. The summed E-state index contributed by atoms with van der Waals surface area (Å²) < 4.78 is 5.63. The third-order valence-electron chi connectivity index (χ3n) is 3.89. The highest BCUT2D eigenvalue weighted by atomic mass is 35.5. The van der Waals surface area contributed by atoms with E-state index in [4.69, 9.17) is 27.9 Å². The summed E-state index contributed by atoms with van der Waals surface area (Å²) in [7, 11) is 0. The van der Waals surface area contributed by atoms with Gasteiger partial charge in [0.25, 0.3) is 5.91 Å². The molecule has 1 heterocycles. The zero-order chi connectivity index (χ0) is 16.3. The number of rotatable bonds is 5. The van der Waals surface area contributed by atoms with E-state index in [0.29, 0.717) is 21.8 Å². The number of nitrogens with zero attached hydrogens (tertiary/aromatic N) is 1. The lowest BCUT2D eigenvalue weighted by Crippen LogP contribution is -2.44. The van der Waals surface area contributed by atoms with Crippen molar-refractivity contribution in [3.05, 3.63) is 28.2 Å². The van der Waals surface area contributed by atoms with Crippen molar-refractivity contribution in [1.29, 1.82) is 0 Å². The fourth-order valence-corrected chi connectivity index (χ4v) is 2.85. The quantitative estimate of drug-likeness (QED) is 0.890. The minimum Gasteiger partial charge on any atom is -0.479 e. The highest BCUT2D eigenvalue weighted by Gasteiger charge is 2.27. The number of carbonyl (C=O) groups is 1. The molecule has 0 bridgehead atoms. The van der Waals surface area contributed by atoms with E-state index in [0.717, 1.165) is 19.5 Å². The zero-order valence-corrected chi connectivity index (χ0v) is 14.6. The molecule has 2 atom stereocenters. The van der Waals surface area contributed by atoms with Crippen LogP contribution in [0, 0.1) is 0 Å². The summed E-state index contributed by atoms with van der Waals surface area (Å²) in [5.41, 5.74) is 0. The van der Waals surface area contributed by atoms with Gasteiger partial charge >= 0.3 is 0 Å². The number of halogens is 2. The number of hydrogen-bond donors (Lipinski definition) is 1. The van der Waals surface area contributed by atoms with E-state index in [1.807, 2.05) is 0 Å². The third kappa shape index (κ3) is 4.28. The predicted octanol–water partition coefficient (Wildman–Crippen LogP) is 3.36. The number of amides is 1. The van der Waals surface area contributed by atoms with Crippen molar-refractivity contribution in [3.8, 4) is 5.75 Å². The number of nitrogens with one attached hydrogen (secondary N) is 1. The molecule has 1 saturated heterocycles. The molecule has 1 fully saturated rings. The normalized spacial score (nSPS) is 20.2. The van der Waals surface area contributed by atoms with E-state index < -0.39 is 6.10 Å². The van der Waals surface area contributed by atoms with Crippen molar-refractivity contribution in [2.24, 2.45) is 0 Å². The number of ether oxygens (including phenoxy) is 1. The first-order valence-electron chi connectivity index (χ1n) is 7.53. The lowest BCUT2D eigenvalue weighted by atomic mass is 10.2. The highest BCUT2D eigenvalue weighted by molar-refractivity contribution is 6.42. The maximum absolute atomic E-state index is 12.2. The van der Waals surface area contributed by atoms with E-state index in [9.17, 15) is 4.79 Å². The Morgan fingerprint density at radius 2 is 2.09 bits per heavy atom. The van der Waals surface area contributed by atoms with Gasteiger partial charge in [-0.05, 0) is 39.3 Å². The monoisotopic (exact) mass is 344 g/mol. The first-order valence-corrected chi connectivity index (χ1v) is 8.29. The molecule has 1 amide bonds. The molecule has 0 radical (unpaired) electrons. The Balaban J connectivity index is 1.89. The Morgan fingerprint density at radius 3 is 2.73 bits per heavy atom. The number of benzene rings is 1. The number of carbonyl (C=O) groups excluding carboxylic acids is 1. The van der Waals surface area contributed by atoms with Gasteiger partial charge in [-0.3, -0.25) is 9.69 Å². The first kappa shape index (κ1) is 17.4. The van der Waals surface area contributed by atoms with Crippen LogP contribution >= 0.6 is 23.2 Å². The van der Waals surface area contributed by atoms with Crippen LogP contribution in [-0.4, -0.2) is 42.1 Å². The first-order chi connectivity index (χ1) is 10.4. The molecule has 1 aromatic carbocycles. The molecule has 2 rings (SSSR count). The second-order valence-electron chi connectivity index (χ2n) is 5.89. The van der Waals surface area contributed by atoms with E-state index >= 15 is 0 Å². The van der Waals surface area contributed by atoms with Crippen molar-refractivity contribution >= 4 is 29.1 Å². The average molecular weight is 345 g/mol. The van der Waals surface area contributed by atoms with Crippen molar-refractivity contribution in [3.63, 3.8) is 0 Å². The standard InChI is InChI=1S/C16H22Cl2N2O2/c1-10(2)20-8-7-12(9-20)19-16(21)11(3)22-14-6-4-5-13(17)15(14)18/h4-6,10-12H,7-9H2,1-3H3,(H,19,21). The molecule has 1 aliphatic heterocycles. The average Bonchev–Trinajstić information content (AvgIpc) is 2.92. The van der Waals surface area contributed by atoms with Gasteiger partial charge in [0.2, 0.25) is 0 Å². The molecule has 4 nitrogen and oxygen atoms in total. The maximum Gasteiger partial charge on any atom is 0.261 e. The SMILES string of the molecule is CC(Oc1cccc(Cl)c1Cl)C(=O)NC1CCN(C(C)C)C1. The Kier molecular flexibility index (Phi) is 5.95. The minimum atomic E-state index is -0.621. The second kappa shape index (κ2) is 7.53. The van der Waals surface area contributed by atoms with Crippen LogP contribution in [0.1, 0.15) is 27.2 Å². The number of likely N-dealkylation sites (tertiary alicyclic amines) is 1. The molecule has 2 unspecified atom stereocenters. The lowest BCUT2D eigenvalue weighted by molar-refractivity contribution is -0.127. The Bertz CT molecular complexity index is 537. The van der Waals surface area contributed by atoms with Gasteiger partial charge in [0.1, 0.15) is 10.8 Å². The molecule has 1 aromatic rings. The molecule has 1 N–H and O–H groups in total. The van der Waals surface area contributed by atoms with Gasteiger partial charge in [0.05, 0.1) is 5.02 Å². The van der Waals surface area contributed by atoms with Gasteiger partial charge < -0.3 is 10.1 Å². The predicted molar refractivity (Wildman–Crippen MR) is 89.8 cm³/mol. The van der Waals surface area contributed by atoms with Crippen LogP contribution in [0.5, 0.6) is 5.75 Å². The molecular formula is C16H22Cl2N2O2. The molecule has 0 aromatic heterocycles. The summed E-state index contributed by atoms with van der Waals surface area (Å²) in [5, 5.41) is 3.78. The van der Waals surface area contributed by atoms with Gasteiger partial charge in [-0.1, -0.05) is 29.3 Å². The Labute approximate surface area is 141 Å². The van der Waals surface area contributed by atoms with Crippen molar-refractivity contribution < 1.29 is 9.53 Å². The van der Waals surface area contributed by atoms with E-state index in [1.165, 1.54) is 0 Å². The van der Waals surface area contributed by atoms with Crippen LogP contribution in [0.4, 0.5) is 0 Å². The van der Waals surface area contributed by atoms with Crippen LogP contribution < -0.4 is 10.1 Å². The van der Waals surface area contributed by atoms with E-state index in [2.05, 4.69) is 24.1 Å². The molecule has 6 heteroatoms. The smallest absolute Gasteiger partial charge is 0.261 e. The number of hydrogen-bond acceptors (Lipinski definition) is 3. The summed E-state index contributed by atoms with van der Waals surface area (Å²) in [6.45, 7) is 7.93. The highest BCUT2D eigenvalue weighted by Crippen LogP contribution is 2.32. The van der Waals surface area contributed by atoms with Gasteiger partial charge in [-0.2, -0.15) is 0 Å². The second-order valence-corrected chi connectivity index (χ2v) is 6.68. The molecule has 1 aliphatic rings. The van der Waals surface area contributed by atoms with Crippen LogP contribution in [0.3, 0.4) is 0 Å². The molecular weight excluding hydrogens is 323 g/mol. The largest absolute Gasteiger partial charge is 0.479 e. The van der Waals surface area contributed by atoms with E-state index in [1.54, 1.807) is 25.1 Å². The van der Waals surface area contributed by atoms with Crippen molar-refractivity contribution in [1.82, 2.24) is 10.2 Å². The molecule has 0 aliphatic carbocycles. The lowest BCUT2D eigenvalue weighted by Gasteiger charge is -2.21. The zero-order valence-electron chi connectivity index (χ0n) is 13.1. The van der Waals surface area contributed by atoms with Crippen LogP contribution in [0.25, 0.3) is 0 Å². The Hall–Kier alpha value is -0.970. The van der Waals surface area contributed by atoms with E-state index in [-0.39, 0.29) is 11.9 Å². The molecule has 0 saturated carbocycles. The van der Waals surface area contributed by atoms with Gasteiger partial charge in [-0.25, -0.2) is 0 Å².